The van der Waals surface area contributed by atoms with Crippen LogP contribution in [0.1, 0.15) is 33.2 Å². The molecule has 4 rings (SSSR count). The van der Waals surface area contributed by atoms with Crippen molar-refractivity contribution >= 4 is 17.3 Å². The van der Waals surface area contributed by atoms with Crippen molar-refractivity contribution in [2.75, 3.05) is 0 Å². The van der Waals surface area contributed by atoms with E-state index in [2.05, 4.69) is 15.2 Å². The normalized spacial score (nSPS) is 10.9. The fourth-order valence-electron chi connectivity index (χ4n) is 2.92. The molecular weight excluding hydrogens is 376 g/mol. The van der Waals surface area contributed by atoms with Gasteiger partial charge in [-0.2, -0.15) is 10.1 Å². The first-order chi connectivity index (χ1) is 13.6. The Kier molecular flexibility index (Phi) is 5.03. The van der Waals surface area contributed by atoms with Gasteiger partial charge in [-0.25, -0.2) is 4.79 Å². The molecular formula is C20H18N4O3S. The van der Waals surface area contributed by atoms with Crippen molar-refractivity contribution in [3.63, 3.8) is 0 Å². The van der Waals surface area contributed by atoms with Gasteiger partial charge in [0.15, 0.2) is 6.61 Å². The number of nitrogens with zero attached hydrogens (tertiary/aromatic N) is 4. The first-order valence-electron chi connectivity index (χ1n) is 8.73. The topological polar surface area (TPSA) is 83.0 Å². The number of hydrogen-bond acceptors (Lipinski definition) is 7. The van der Waals surface area contributed by atoms with E-state index >= 15 is 0 Å². The van der Waals surface area contributed by atoms with Crippen LogP contribution in [0.2, 0.25) is 0 Å². The van der Waals surface area contributed by atoms with Gasteiger partial charge in [-0.1, -0.05) is 41.6 Å². The average molecular weight is 394 g/mol. The lowest BCUT2D eigenvalue weighted by Gasteiger charge is -2.05. The van der Waals surface area contributed by atoms with E-state index < -0.39 is 5.97 Å². The lowest BCUT2D eigenvalue weighted by Crippen LogP contribution is -2.09. The van der Waals surface area contributed by atoms with E-state index in [4.69, 9.17) is 9.26 Å². The number of aromatic nitrogens is 4. The van der Waals surface area contributed by atoms with Gasteiger partial charge in [0.1, 0.15) is 5.56 Å². The summed E-state index contributed by atoms with van der Waals surface area (Å²) in [6, 6.07) is 13.8. The summed E-state index contributed by atoms with van der Waals surface area (Å²) >= 11 is 1.51. The third-order valence-electron chi connectivity index (χ3n) is 4.30. The van der Waals surface area contributed by atoms with Crippen molar-refractivity contribution in [1.29, 1.82) is 0 Å². The molecule has 0 amide bonds. The molecule has 8 heteroatoms. The lowest BCUT2D eigenvalue weighted by atomic mass is 10.2. The second-order valence-corrected chi connectivity index (χ2v) is 7.20. The van der Waals surface area contributed by atoms with Crippen molar-refractivity contribution in [2.45, 2.75) is 27.0 Å². The minimum Gasteiger partial charge on any atom is -0.452 e. The van der Waals surface area contributed by atoms with Gasteiger partial charge in [0.2, 0.25) is 5.82 Å². The van der Waals surface area contributed by atoms with Gasteiger partial charge in [0, 0.05) is 0 Å². The Bertz CT molecular complexity index is 1080. The maximum absolute atomic E-state index is 12.6. The van der Waals surface area contributed by atoms with Crippen LogP contribution in [0.5, 0.6) is 0 Å². The number of esters is 1. The predicted molar refractivity (Wildman–Crippen MR) is 104 cm³/mol. The van der Waals surface area contributed by atoms with Crippen LogP contribution in [0.3, 0.4) is 0 Å². The molecule has 4 aromatic rings. The average Bonchev–Trinajstić information content (AvgIpc) is 3.42. The fourth-order valence-corrected chi connectivity index (χ4v) is 3.57. The molecule has 28 heavy (non-hydrogen) atoms. The fraction of sp³-hybridized carbons (Fsp3) is 0.200. The zero-order valence-corrected chi connectivity index (χ0v) is 16.3. The van der Waals surface area contributed by atoms with Crippen LogP contribution in [0.4, 0.5) is 0 Å². The summed E-state index contributed by atoms with van der Waals surface area (Å²) in [5, 5.41) is 10.3. The van der Waals surface area contributed by atoms with Gasteiger partial charge in [-0.3, -0.25) is 4.68 Å². The van der Waals surface area contributed by atoms with Crippen molar-refractivity contribution in [2.24, 2.45) is 0 Å². The molecule has 7 nitrogen and oxygen atoms in total. The highest BCUT2D eigenvalue weighted by molar-refractivity contribution is 7.13. The smallest absolute Gasteiger partial charge is 0.342 e. The number of thiophene rings is 1. The molecule has 0 bridgehead atoms. The second-order valence-electron chi connectivity index (χ2n) is 6.25. The minimum atomic E-state index is -0.454. The number of benzene rings is 1. The van der Waals surface area contributed by atoms with Gasteiger partial charge in [-0.05, 0) is 30.9 Å². The van der Waals surface area contributed by atoms with Gasteiger partial charge >= 0.3 is 5.97 Å². The molecule has 0 aliphatic carbocycles. The first kappa shape index (κ1) is 18.1. The summed E-state index contributed by atoms with van der Waals surface area (Å²) in [6.45, 7) is 4.17. The van der Waals surface area contributed by atoms with Crippen molar-refractivity contribution in [1.82, 2.24) is 19.9 Å². The Morgan fingerprint density at radius 2 is 2.00 bits per heavy atom. The maximum Gasteiger partial charge on any atom is 0.342 e. The zero-order chi connectivity index (χ0) is 19.5. The van der Waals surface area contributed by atoms with Gasteiger partial charge in [-0.15, -0.1) is 11.3 Å². The molecule has 0 saturated carbocycles. The summed E-state index contributed by atoms with van der Waals surface area (Å²) < 4.78 is 12.4. The number of aryl methyl sites for hydroxylation is 1. The molecule has 3 heterocycles. The highest BCUT2D eigenvalue weighted by Gasteiger charge is 2.21. The van der Waals surface area contributed by atoms with Crippen LogP contribution >= 0.6 is 11.3 Å². The molecule has 0 saturated heterocycles. The zero-order valence-electron chi connectivity index (χ0n) is 15.5. The molecule has 0 radical (unpaired) electrons. The largest absolute Gasteiger partial charge is 0.452 e. The number of ether oxygens (including phenoxy) is 1. The Hall–Kier alpha value is -3.26. The standard InChI is InChI=1S/C20H18N4O3S/c1-13-18(14(2)24(22-13)11-15-7-4-3-5-8-15)20(25)26-12-17-21-19(23-27-17)16-9-6-10-28-16/h3-10H,11-12H2,1-2H3. The van der Waals surface area contributed by atoms with E-state index in [1.165, 1.54) is 11.3 Å². The van der Waals surface area contributed by atoms with Crippen LogP contribution in [0.25, 0.3) is 10.7 Å². The van der Waals surface area contributed by atoms with Gasteiger partial charge in [0.05, 0.1) is 22.8 Å². The number of rotatable bonds is 6. The molecule has 0 spiro atoms. The first-order valence-corrected chi connectivity index (χ1v) is 9.61. The molecule has 1 aromatic carbocycles. The monoisotopic (exact) mass is 394 g/mol. The summed E-state index contributed by atoms with van der Waals surface area (Å²) in [5.41, 5.74) is 2.97. The molecule has 0 unspecified atom stereocenters. The number of carbonyl (C=O) groups is 1. The Morgan fingerprint density at radius 1 is 1.18 bits per heavy atom. The quantitative estimate of drug-likeness (QED) is 0.460. The van der Waals surface area contributed by atoms with E-state index in [-0.39, 0.29) is 12.5 Å². The summed E-state index contributed by atoms with van der Waals surface area (Å²) in [7, 11) is 0. The highest BCUT2D eigenvalue weighted by atomic mass is 32.1. The van der Waals surface area contributed by atoms with E-state index in [0.29, 0.717) is 23.6 Å². The van der Waals surface area contributed by atoms with Crippen molar-refractivity contribution in [3.05, 3.63) is 76.3 Å². The molecule has 3 aromatic heterocycles. The molecule has 0 atom stereocenters. The molecule has 0 aliphatic heterocycles. The summed E-state index contributed by atoms with van der Waals surface area (Å²) in [5.74, 6) is 0.290. The molecule has 0 N–H and O–H groups in total. The predicted octanol–water partition coefficient (Wildman–Crippen LogP) is 4.02. The molecule has 142 valence electrons. The van der Waals surface area contributed by atoms with Crippen LogP contribution in [-0.2, 0) is 17.9 Å². The third kappa shape index (κ3) is 3.72. The SMILES string of the molecule is Cc1nn(Cc2ccccc2)c(C)c1C(=O)OCc1nc(-c2cccs2)no1. The number of carbonyl (C=O) groups excluding carboxylic acids is 1. The Balaban J connectivity index is 1.45. The van der Waals surface area contributed by atoms with E-state index in [9.17, 15) is 4.79 Å². The van der Waals surface area contributed by atoms with Gasteiger partial charge < -0.3 is 9.26 Å². The maximum atomic E-state index is 12.6. The minimum absolute atomic E-state index is 0.0834. The summed E-state index contributed by atoms with van der Waals surface area (Å²) in [6.07, 6.45) is 0. The van der Waals surface area contributed by atoms with E-state index in [1.54, 1.807) is 6.92 Å². The van der Waals surface area contributed by atoms with Crippen LogP contribution in [-0.4, -0.2) is 25.9 Å². The van der Waals surface area contributed by atoms with Crippen molar-refractivity contribution < 1.29 is 14.1 Å². The van der Waals surface area contributed by atoms with Crippen LogP contribution < -0.4 is 0 Å². The highest BCUT2D eigenvalue weighted by Crippen LogP contribution is 2.22. The van der Waals surface area contributed by atoms with Crippen LogP contribution in [0, 0.1) is 13.8 Å². The molecule has 0 fully saturated rings. The second kappa shape index (κ2) is 7.77. The van der Waals surface area contributed by atoms with Gasteiger partial charge in [0.25, 0.3) is 5.89 Å². The van der Waals surface area contributed by atoms with Crippen LogP contribution in [0.15, 0.2) is 52.4 Å². The third-order valence-corrected chi connectivity index (χ3v) is 5.16. The number of hydrogen-bond donors (Lipinski definition) is 0. The molecule has 0 aliphatic rings. The Morgan fingerprint density at radius 3 is 2.75 bits per heavy atom. The van der Waals surface area contributed by atoms with Crippen molar-refractivity contribution in [3.8, 4) is 10.7 Å². The summed E-state index contributed by atoms with van der Waals surface area (Å²) in [4.78, 5) is 17.8. The Labute approximate surface area is 165 Å². The van der Waals surface area contributed by atoms with E-state index in [0.717, 1.165) is 16.1 Å². The van der Waals surface area contributed by atoms with E-state index in [1.807, 2.05) is 59.5 Å². The lowest BCUT2D eigenvalue weighted by molar-refractivity contribution is 0.0428.